The van der Waals surface area contributed by atoms with Gasteiger partial charge >= 0.3 is 0 Å². The van der Waals surface area contributed by atoms with Gasteiger partial charge in [0.2, 0.25) is 0 Å². The third kappa shape index (κ3) is 4.37. The van der Waals surface area contributed by atoms with Gasteiger partial charge in [-0.1, -0.05) is 35.3 Å². The molecular formula is C16H14Cl2N2O3. The van der Waals surface area contributed by atoms with Crippen LogP contribution in [0.5, 0.6) is 11.5 Å². The molecule has 120 valence electrons. The number of nitrogens with zero attached hydrogens (tertiary/aromatic N) is 1. The maximum absolute atomic E-state index is 11.9. The smallest absolute Gasteiger partial charge is 0.272 e. The Bertz CT molecular complexity index is 748. The molecule has 0 heterocycles. The third-order valence-corrected chi connectivity index (χ3v) is 3.47. The lowest BCUT2D eigenvalue weighted by atomic mass is 10.2. The van der Waals surface area contributed by atoms with E-state index >= 15 is 0 Å². The predicted molar refractivity (Wildman–Crippen MR) is 90.8 cm³/mol. The summed E-state index contributed by atoms with van der Waals surface area (Å²) in [5, 5.41) is 14.1. The summed E-state index contributed by atoms with van der Waals surface area (Å²) in [5.41, 5.74) is 3.26. The van der Waals surface area contributed by atoms with Crippen LogP contribution in [0.1, 0.15) is 22.8 Å². The number of hydrogen-bond acceptors (Lipinski definition) is 4. The minimum atomic E-state index is -0.429. The van der Waals surface area contributed by atoms with Gasteiger partial charge in [0.05, 0.1) is 28.4 Å². The van der Waals surface area contributed by atoms with Crippen molar-refractivity contribution in [1.29, 1.82) is 0 Å². The Kier molecular flexibility index (Phi) is 5.84. The van der Waals surface area contributed by atoms with Crippen LogP contribution in [-0.4, -0.2) is 23.8 Å². The number of phenolic OH excluding ortho intramolecular Hbond substituents is 1. The molecule has 0 atom stereocenters. The summed E-state index contributed by atoms with van der Waals surface area (Å²) in [7, 11) is 0. The van der Waals surface area contributed by atoms with Gasteiger partial charge in [0, 0.05) is 0 Å². The molecule has 0 aliphatic carbocycles. The second kappa shape index (κ2) is 7.85. The Hall–Kier alpha value is -2.24. The van der Waals surface area contributed by atoms with Crippen LogP contribution >= 0.6 is 23.2 Å². The van der Waals surface area contributed by atoms with Crippen molar-refractivity contribution in [3.05, 3.63) is 57.6 Å². The molecule has 0 saturated carbocycles. The standard InChI is InChI=1S/C16H14Cl2N2O3/c1-2-23-14-8-10(7-13(18)15(14)21)9-19-20-16(22)11-5-3-4-6-12(11)17/h3-9,21H,2H2,1H3,(H,20,22)/b19-9+. The zero-order valence-electron chi connectivity index (χ0n) is 12.2. The highest BCUT2D eigenvalue weighted by Gasteiger charge is 2.10. The van der Waals surface area contributed by atoms with Gasteiger partial charge in [0.15, 0.2) is 11.5 Å². The Morgan fingerprint density at radius 1 is 1.30 bits per heavy atom. The minimum absolute atomic E-state index is 0.134. The quantitative estimate of drug-likeness (QED) is 0.633. The number of carbonyl (C=O) groups excluding carboxylic acids is 1. The number of rotatable bonds is 5. The molecule has 2 aromatic rings. The Morgan fingerprint density at radius 2 is 2.04 bits per heavy atom. The molecule has 0 fully saturated rings. The van der Waals surface area contributed by atoms with Gasteiger partial charge in [0.1, 0.15) is 0 Å². The van der Waals surface area contributed by atoms with Crippen molar-refractivity contribution >= 4 is 35.3 Å². The van der Waals surface area contributed by atoms with Crippen molar-refractivity contribution in [2.75, 3.05) is 6.61 Å². The molecule has 0 spiro atoms. The molecule has 2 N–H and O–H groups in total. The molecular weight excluding hydrogens is 339 g/mol. The van der Waals surface area contributed by atoms with Crippen LogP contribution in [0.2, 0.25) is 10.0 Å². The molecule has 23 heavy (non-hydrogen) atoms. The molecule has 0 aliphatic heterocycles. The highest BCUT2D eigenvalue weighted by Crippen LogP contribution is 2.34. The van der Waals surface area contributed by atoms with E-state index in [4.69, 9.17) is 27.9 Å². The number of hydrogen-bond donors (Lipinski definition) is 2. The number of benzene rings is 2. The van der Waals surface area contributed by atoms with Crippen molar-refractivity contribution in [3.8, 4) is 11.5 Å². The van der Waals surface area contributed by atoms with E-state index in [-0.39, 0.29) is 16.5 Å². The van der Waals surface area contributed by atoms with Crippen LogP contribution < -0.4 is 10.2 Å². The van der Waals surface area contributed by atoms with Crippen molar-refractivity contribution in [1.82, 2.24) is 5.43 Å². The average molecular weight is 353 g/mol. The average Bonchev–Trinajstić information content (AvgIpc) is 2.52. The monoisotopic (exact) mass is 352 g/mol. The largest absolute Gasteiger partial charge is 0.503 e. The summed E-state index contributed by atoms with van der Waals surface area (Å²) >= 11 is 11.9. The van der Waals surface area contributed by atoms with Crippen molar-refractivity contribution in [2.45, 2.75) is 6.92 Å². The van der Waals surface area contributed by atoms with E-state index in [1.165, 1.54) is 12.3 Å². The first-order valence-electron chi connectivity index (χ1n) is 6.76. The summed E-state index contributed by atoms with van der Waals surface area (Å²) in [6, 6.07) is 9.72. The van der Waals surface area contributed by atoms with E-state index in [9.17, 15) is 9.90 Å². The van der Waals surface area contributed by atoms with Gasteiger partial charge in [-0.05, 0) is 36.8 Å². The number of halogens is 2. The van der Waals surface area contributed by atoms with Gasteiger partial charge < -0.3 is 9.84 Å². The van der Waals surface area contributed by atoms with E-state index in [0.29, 0.717) is 22.8 Å². The van der Waals surface area contributed by atoms with E-state index in [0.717, 1.165) is 0 Å². The number of carbonyl (C=O) groups is 1. The fourth-order valence-corrected chi connectivity index (χ4v) is 2.25. The topological polar surface area (TPSA) is 70.9 Å². The minimum Gasteiger partial charge on any atom is -0.503 e. The molecule has 2 aromatic carbocycles. The SMILES string of the molecule is CCOc1cc(/C=N/NC(=O)c2ccccc2Cl)cc(Cl)c1O. The molecule has 0 saturated heterocycles. The molecule has 7 heteroatoms. The fourth-order valence-electron chi connectivity index (χ4n) is 1.80. The third-order valence-electron chi connectivity index (χ3n) is 2.85. The normalized spacial score (nSPS) is 10.7. The second-order valence-electron chi connectivity index (χ2n) is 4.46. The van der Waals surface area contributed by atoms with Crippen LogP contribution in [0.3, 0.4) is 0 Å². The lowest BCUT2D eigenvalue weighted by molar-refractivity contribution is 0.0955. The zero-order chi connectivity index (χ0) is 16.8. The number of phenols is 1. The summed E-state index contributed by atoms with van der Waals surface area (Å²) < 4.78 is 5.27. The summed E-state index contributed by atoms with van der Waals surface area (Å²) in [5.74, 6) is -0.314. The first-order valence-corrected chi connectivity index (χ1v) is 7.51. The molecule has 0 radical (unpaired) electrons. The van der Waals surface area contributed by atoms with Crippen LogP contribution in [0.15, 0.2) is 41.5 Å². The van der Waals surface area contributed by atoms with E-state index in [1.807, 2.05) is 0 Å². The fraction of sp³-hybridized carbons (Fsp3) is 0.125. The van der Waals surface area contributed by atoms with Crippen LogP contribution in [0.25, 0.3) is 0 Å². The molecule has 5 nitrogen and oxygen atoms in total. The maximum atomic E-state index is 11.9. The second-order valence-corrected chi connectivity index (χ2v) is 5.28. The number of aromatic hydroxyl groups is 1. The Balaban J connectivity index is 2.12. The van der Waals surface area contributed by atoms with Crippen LogP contribution in [0, 0.1) is 0 Å². The first-order chi connectivity index (χ1) is 11.0. The van der Waals surface area contributed by atoms with Crippen LogP contribution in [-0.2, 0) is 0 Å². The first kappa shape index (κ1) is 17.1. The zero-order valence-corrected chi connectivity index (χ0v) is 13.7. The summed E-state index contributed by atoms with van der Waals surface area (Å²) in [4.78, 5) is 11.9. The molecule has 1 amide bonds. The van der Waals surface area contributed by atoms with Crippen LogP contribution in [0.4, 0.5) is 0 Å². The Morgan fingerprint density at radius 3 is 2.74 bits per heavy atom. The van der Waals surface area contributed by atoms with Crippen molar-refractivity contribution < 1.29 is 14.6 Å². The molecule has 0 bridgehead atoms. The molecule has 0 unspecified atom stereocenters. The number of ether oxygens (including phenoxy) is 1. The summed E-state index contributed by atoms with van der Waals surface area (Å²) in [6.07, 6.45) is 1.39. The molecule has 0 aromatic heterocycles. The van der Waals surface area contributed by atoms with Gasteiger partial charge in [-0.2, -0.15) is 5.10 Å². The number of hydrazone groups is 1. The number of nitrogens with one attached hydrogen (secondary N) is 1. The van der Waals surface area contributed by atoms with Gasteiger partial charge in [-0.25, -0.2) is 5.43 Å². The predicted octanol–water partition coefficient (Wildman–Crippen LogP) is 3.86. The maximum Gasteiger partial charge on any atom is 0.272 e. The van der Waals surface area contributed by atoms with Gasteiger partial charge in [-0.15, -0.1) is 0 Å². The van der Waals surface area contributed by atoms with E-state index in [1.54, 1.807) is 37.3 Å². The number of amides is 1. The van der Waals surface area contributed by atoms with E-state index in [2.05, 4.69) is 10.5 Å². The highest BCUT2D eigenvalue weighted by molar-refractivity contribution is 6.34. The lowest BCUT2D eigenvalue weighted by Crippen LogP contribution is -2.17. The van der Waals surface area contributed by atoms with Gasteiger partial charge in [0.25, 0.3) is 5.91 Å². The van der Waals surface area contributed by atoms with Crippen molar-refractivity contribution in [3.63, 3.8) is 0 Å². The highest BCUT2D eigenvalue weighted by atomic mass is 35.5. The van der Waals surface area contributed by atoms with Crippen molar-refractivity contribution in [2.24, 2.45) is 5.10 Å². The molecule has 0 aliphatic rings. The van der Waals surface area contributed by atoms with E-state index < -0.39 is 5.91 Å². The van der Waals surface area contributed by atoms with Gasteiger partial charge in [-0.3, -0.25) is 4.79 Å². The lowest BCUT2D eigenvalue weighted by Gasteiger charge is -2.08. The summed E-state index contributed by atoms with van der Waals surface area (Å²) in [6.45, 7) is 2.17. The Labute approximate surface area is 143 Å². The molecule has 2 rings (SSSR count).